The number of rotatable bonds is 5. The van der Waals surface area contributed by atoms with Crippen molar-refractivity contribution in [3.63, 3.8) is 0 Å². The molecule has 0 atom stereocenters. The van der Waals surface area contributed by atoms with Crippen molar-refractivity contribution in [1.29, 1.82) is 0 Å². The van der Waals surface area contributed by atoms with Crippen LogP contribution in [0, 0.1) is 0 Å². The van der Waals surface area contributed by atoms with Gasteiger partial charge in [-0.2, -0.15) is 0 Å². The molecular weight excluding hydrogens is 392 g/mol. The number of nitrogens with zero attached hydrogens (tertiary/aromatic N) is 2. The number of benzene rings is 1. The maximum absolute atomic E-state index is 11.9. The van der Waals surface area contributed by atoms with Crippen LogP contribution in [-0.2, 0) is 16.6 Å². The molecule has 0 aliphatic carbocycles. The molecule has 1 saturated heterocycles. The highest BCUT2D eigenvalue weighted by Gasteiger charge is 2.26. The molecule has 1 fully saturated rings. The maximum Gasteiger partial charge on any atom is 0.213 e. The zero-order valence-electron chi connectivity index (χ0n) is 14.1. The van der Waals surface area contributed by atoms with Gasteiger partial charge in [0.15, 0.2) is 5.96 Å². The summed E-state index contributed by atoms with van der Waals surface area (Å²) in [6.07, 6.45) is 1.58. The quantitative estimate of drug-likeness (QED) is 0.567. The molecule has 8 heteroatoms. The number of hydrogen-bond donors (Lipinski definition) is 2. The summed E-state index contributed by atoms with van der Waals surface area (Å²) in [5.74, 6) is 0.913. The third-order valence-electron chi connectivity index (χ3n) is 4.15. The minimum atomic E-state index is -3.07. The van der Waals surface area contributed by atoms with Gasteiger partial charge in [-0.1, -0.05) is 28.1 Å². The van der Waals surface area contributed by atoms with E-state index < -0.39 is 10.0 Å². The van der Waals surface area contributed by atoms with E-state index in [1.54, 1.807) is 18.3 Å². The predicted octanol–water partition coefficient (Wildman–Crippen LogP) is 1.93. The highest BCUT2D eigenvalue weighted by molar-refractivity contribution is 9.10. The van der Waals surface area contributed by atoms with Crippen LogP contribution in [0.2, 0.25) is 0 Å². The number of halogens is 1. The Hall–Kier alpha value is -1.12. The Morgan fingerprint density at radius 2 is 1.92 bits per heavy atom. The topological polar surface area (TPSA) is 73.8 Å². The van der Waals surface area contributed by atoms with E-state index in [0.717, 1.165) is 23.3 Å². The second-order valence-electron chi connectivity index (χ2n) is 5.77. The summed E-state index contributed by atoms with van der Waals surface area (Å²) in [5, 5.41) is 6.68. The van der Waals surface area contributed by atoms with Crippen molar-refractivity contribution in [1.82, 2.24) is 14.9 Å². The lowest BCUT2D eigenvalue weighted by Crippen LogP contribution is -2.49. The summed E-state index contributed by atoms with van der Waals surface area (Å²) in [5.41, 5.74) is 1.17. The lowest BCUT2D eigenvalue weighted by Gasteiger charge is -2.32. The van der Waals surface area contributed by atoms with Gasteiger partial charge in [-0.15, -0.1) is 0 Å². The number of aliphatic imine (C=N–C) groups is 1. The van der Waals surface area contributed by atoms with Crippen molar-refractivity contribution < 1.29 is 8.42 Å². The fourth-order valence-electron chi connectivity index (χ4n) is 2.64. The van der Waals surface area contributed by atoms with Crippen molar-refractivity contribution in [2.75, 3.05) is 25.9 Å². The van der Waals surface area contributed by atoms with E-state index in [0.29, 0.717) is 19.6 Å². The normalized spacial score (nSPS) is 17.7. The van der Waals surface area contributed by atoms with Crippen LogP contribution in [0.15, 0.2) is 33.7 Å². The first kappa shape index (κ1) is 19.2. The average molecular weight is 417 g/mol. The molecule has 2 N–H and O–H groups in total. The van der Waals surface area contributed by atoms with E-state index in [1.807, 2.05) is 12.1 Å². The average Bonchev–Trinajstić information content (AvgIpc) is 2.60. The lowest BCUT2D eigenvalue weighted by molar-refractivity contribution is 0.306. The minimum absolute atomic E-state index is 0.168. The Bertz CT molecular complexity index is 653. The summed E-state index contributed by atoms with van der Waals surface area (Å²) >= 11 is 3.43. The predicted molar refractivity (Wildman–Crippen MR) is 102 cm³/mol. The van der Waals surface area contributed by atoms with Gasteiger partial charge >= 0.3 is 0 Å². The fourth-order valence-corrected chi connectivity index (χ4v) is 4.03. The van der Waals surface area contributed by atoms with Crippen LogP contribution in [0.5, 0.6) is 0 Å². The largest absolute Gasteiger partial charge is 0.354 e. The number of nitrogens with one attached hydrogen (secondary N) is 2. The van der Waals surface area contributed by atoms with Gasteiger partial charge in [0.25, 0.3) is 0 Å². The second-order valence-corrected chi connectivity index (χ2v) is 8.94. The van der Waals surface area contributed by atoms with E-state index in [4.69, 9.17) is 0 Å². The molecule has 1 aliphatic heterocycles. The Morgan fingerprint density at radius 3 is 2.46 bits per heavy atom. The maximum atomic E-state index is 11.9. The van der Waals surface area contributed by atoms with Crippen LogP contribution in [0.25, 0.3) is 0 Å². The van der Waals surface area contributed by atoms with E-state index in [9.17, 15) is 8.42 Å². The standard InChI is InChI=1S/C16H25BrN4O2S/c1-3-24(22,23)21-10-8-15(9-11-21)20-16(18-2)19-12-13-4-6-14(17)7-5-13/h4-7,15H,3,8-12H2,1-2H3,(H2,18,19,20). The fraction of sp³-hybridized carbons (Fsp3) is 0.562. The molecule has 0 spiro atoms. The lowest BCUT2D eigenvalue weighted by atomic mass is 10.1. The highest BCUT2D eigenvalue weighted by atomic mass is 79.9. The summed E-state index contributed by atoms with van der Waals surface area (Å²) in [4.78, 5) is 4.25. The van der Waals surface area contributed by atoms with Crippen LogP contribution < -0.4 is 10.6 Å². The van der Waals surface area contributed by atoms with Gasteiger partial charge in [0.2, 0.25) is 10.0 Å². The molecule has 0 saturated carbocycles. The summed E-state index contributed by atoms with van der Waals surface area (Å²) in [7, 11) is -1.33. The zero-order chi connectivity index (χ0) is 17.6. The molecule has 0 radical (unpaired) electrons. The monoisotopic (exact) mass is 416 g/mol. The van der Waals surface area contributed by atoms with E-state index in [2.05, 4.69) is 43.7 Å². The third-order valence-corrected chi connectivity index (χ3v) is 6.56. The van der Waals surface area contributed by atoms with Gasteiger partial charge in [-0.25, -0.2) is 12.7 Å². The van der Waals surface area contributed by atoms with Crippen LogP contribution in [0.4, 0.5) is 0 Å². The Kier molecular flexibility index (Phi) is 7.06. The second kappa shape index (κ2) is 8.82. The van der Waals surface area contributed by atoms with Gasteiger partial charge in [0.1, 0.15) is 0 Å². The van der Waals surface area contributed by atoms with E-state index in [1.165, 1.54) is 5.56 Å². The first-order valence-corrected chi connectivity index (χ1v) is 10.5. The molecule has 2 rings (SSSR count). The molecule has 1 aliphatic rings. The molecule has 1 aromatic rings. The van der Waals surface area contributed by atoms with Gasteiger partial charge in [-0.05, 0) is 37.5 Å². The minimum Gasteiger partial charge on any atom is -0.354 e. The highest BCUT2D eigenvalue weighted by Crippen LogP contribution is 2.14. The molecule has 1 aromatic carbocycles. The number of hydrogen-bond acceptors (Lipinski definition) is 3. The zero-order valence-corrected chi connectivity index (χ0v) is 16.5. The number of guanidine groups is 1. The molecule has 1 heterocycles. The van der Waals surface area contributed by atoms with E-state index in [-0.39, 0.29) is 11.8 Å². The van der Waals surface area contributed by atoms with Crippen molar-refractivity contribution in [2.24, 2.45) is 4.99 Å². The molecule has 0 unspecified atom stereocenters. The molecule has 0 amide bonds. The van der Waals surface area contributed by atoms with Crippen molar-refractivity contribution in [3.05, 3.63) is 34.3 Å². The smallest absolute Gasteiger partial charge is 0.213 e. The van der Waals surface area contributed by atoms with Crippen molar-refractivity contribution in [3.8, 4) is 0 Å². The van der Waals surface area contributed by atoms with Gasteiger partial charge in [0.05, 0.1) is 5.75 Å². The van der Waals surface area contributed by atoms with Gasteiger partial charge < -0.3 is 10.6 Å². The van der Waals surface area contributed by atoms with Crippen LogP contribution in [-0.4, -0.2) is 50.6 Å². The molecule has 6 nitrogen and oxygen atoms in total. The summed E-state index contributed by atoms with van der Waals surface area (Å²) < 4.78 is 26.4. The van der Waals surface area contributed by atoms with Crippen LogP contribution >= 0.6 is 15.9 Å². The third kappa shape index (κ3) is 5.46. The van der Waals surface area contributed by atoms with Crippen molar-refractivity contribution >= 4 is 31.9 Å². The van der Waals surface area contributed by atoms with Crippen molar-refractivity contribution in [2.45, 2.75) is 32.4 Å². The summed E-state index contributed by atoms with van der Waals surface area (Å²) in [6.45, 7) is 3.51. The Labute approximate surface area is 152 Å². The van der Waals surface area contributed by atoms with Gasteiger partial charge in [-0.3, -0.25) is 4.99 Å². The molecular formula is C16H25BrN4O2S. The molecule has 24 heavy (non-hydrogen) atoms. The summed E-state index contributed by atoms with van der Waals surface area (Å²) in [6, 6.07) is 8.37. The van der Waals surface area contributed by atoms with Crippen LogP contribution in [0.1, 0.15) is 25.3 Å². The van der Waals surface area contributed by atoms with Crippen LogP contribution in [0.3, 0.4) is 0 Å². The first-order chi connectivity index (χ1) is 11.4. The SMILES string of the molecule is CCS(=O)(=O)N1CCC(NC(=NC)NCc2ccc(Br)cc2)CC1. The van der Waals surface area contributed by atoms with Gasteiger partial charge in [0, 0.05) is 37.2 Å². The van der Waals surface area contributed by atoms with E-state index >= 15 is 0 Å². The Morgan fingerprint density at radius 1 is 1.29 bits per heavy atom. The molecule has 0 bridgehead atoms. The number of piperidine rings is 1. The number of sulfonamides is 1. The molecule has 0 aromatic heterocycles. The first-order valence-electron chi connectivity index (χ1n) is 8.14. The molecule has 134 valence electrons. The Balaban J connectivity index is 1.81.